The number of hydrogen-bond donors (Lipinski definition) is 2. The highest BCUT2D eigenvalue weighted by Crippen LogP contribution is 2.36. The van der Waals surface area contributed by atoms with Gasteiger partial charge in [-0.15, -0.1) is 0 Å². The number of guanidine groups is 1. The van der Waals surface area contributed by atoms with Gasteiger partial charge in [-0.2, -0.15) is 11.8 Å². The summed E-state index contributed by atoms with van der Waals surface area (Å²) in [7, 11) is 3.47. The van der Waals surface area contributed by atoms with Crippen molar-refractivity contribution in [3.05, 3.63) is 24.3 Å². The second-order valence-electron chi connectivity index (χ2n) is 6.14. The molecule has 1 aliphatic heterocycles. The van der Waals surface area contributed by atoms with E-state index in [4.69, 9.17) is 9.47 Å². The first kappa shape index (κ1) is 18.8. The zero-order valence-electron chi connectivity index (χ0n) is 14.9. The molecule has 1 atom stereocenters. The summed E-state index contributed by atoms with van der Waals surface area (Å²) in [5.41, 5.74) is 0. The normalized spacial score (nSPS) is 20.7. The third-order valence-corrected chi connectivity index (χ3v) is 5.62. The molecule has 5 nitrogen and oxygen atoms in total. The van der Waals surface area contributed by atoms with Crippen LogP contribution < -0.4 is 20.1 Å². The lowest BCUT2D eigenvalue weighted by Crippen LogP contribution is -2.44. The van der Waals surface area contributed by atoms with Crippen molar-refractivity contribution >= 4 is 17.7 Å². The van der Waals surface area contributed by atoms with Gasteiger partial charge in [0, 0.05) is 31.0 Å². The van der Waals surface area contributed by atoms with Crippen LogP contribution in [0, 0.1) is 0 Å². The Morgan fingerprint density at radius 3 is 2.88 bits per heavy atom. The molecule has 0 saturated carbocycles. The van der Waals surface area contributed by atoms with Crippen molar-refractivity contribution in [2.45, 2.75) is 30.9 Å². The number of aliphatic imine (C=N–C) groups is 1. The van der Waals surface area contributed by atoms with Crippen molar-refractivity contribution < 1.29 is 9.47 Å². The number of nitrogens with one attached hydrogen (secondary N) is 2. The van der Waals surface area contributed by atoms with Crippen LogP contribution in [-0.2, 0) is 0 Å². The van der Waals surface area contributed by atoms with Gasteiger partial charge in [0.2, 0.25) is 0 Å². The summed E-state index contributed by atoms with van der Waals surface area (Å²) in [6.07, 6.45) is 3.50. The quantitative estimate of drug-likeness (QED) is 0.428. The Balaban J connectivity index is 1.61. The number of nitrogens with zero attached hydrogens (tertiary/aromatic N) is 1. The Bertz CT molecular complexity index is 531. The predicted molar refractivity (Wildman–Crippen MR) is 103 cm³/mol. The Morgan fingerprint density at radius 1 is 1.33 bits per heavy atom. The molecule has 1 unspecified atom stereocenters. The van der Waals surface area contributed by atoms with Crippen molar-refractivity contribution in [2.75, 3.05) is 39.6 Å². The lowest BCUT2D eigenvalue weighted by Gasteiger charge is -2.24. The zero-order valence-corrected chi connectivity index (χ0v) is 15.7. The molecule has 0 spiro atoms. The summed E-state index contributed by atoms with van der Waals surface area (Å²) in [4.78, 5) is 4.29. The predicted octanol–water partition coefficient (Wildman–Crippen LogP) is 2.91. The molecule has 1 heterocycles. The van der Waals surface area contributed by atoms with E-state index >= 15 is 0 Å². The van der Waals surface area contributed by atoms with E-state index in [1.54, 1.807) is 7.11 Å². The number of thioether (sulfide) groups is 1. The Kier molecular flexibility index (Phi) is 7.56. The van der Waals surface area contributed by atoms with Crippen molar-refractivity contribution in [1.29, 1.82) is 0 Å². The topological polar surface area (TPSA) is 54.9 Å². The third kappa shape index (κ3) is 6.15. The smallest absolute Gasteiger partial charge is 0.191 e. The van der Waals surface area contributed by atoms with Crippen LogP contribution in [0.3, 0.4) is 0 Å². The minimum Gasteiger partial charge on any atom is -0.497 e. The molecule has 2 rings (SSSR count). The summed E-state index contributed by atoms with van der Waals surface area (Å²) in [6.45, 7) is 4.77. The molecule has 134 valence electrons. The van der Waals surface area contributed by atoms with Crippen LogP contribution >= 0.6 is 11.8 Å². The average molecular weight is 352 g/mol. The lowest BCUT2D eigenvalue weighted by molar-refractivity contribution is 0.308. The first-order chi connectivity index (χ1) is 11.6. The molecule has 0 aliphatic carbocycles. The maximum atomic E-state index is 5.74. The molecule has 2 N–H and O–H groups in total. The fraction of sp³-hybridized carbons (Fsp3) is 0.611. The van der Waals surface area contributed by atoms with Crippen LogP contribution in [0.15, 0.2) is 29.3 Å². The molecular weight excluding hydrogens is 322 g/mol. The molecule has 1 aromatic rings. The monoisotopic (exact) mass is 351 g/mol. The number of hydrogen-bond acceptors (Lipinski definition) is 4. The van der Waals surface area contributed by atoms with E-state index in [0.29, 0.717) is 11.4 Å². The van der Waals surface area contributed by atoms with Crippen LogP contribution in [-0.4, -0.2) is 50.3 Å². The highest BCUT2D eigenvalue weighted by atomic mass is 32.2. The maximum absolute atomic E-state index is 5.74. The second kappa shape index (κ2) is 9.67. The standard InChI is InChI=1S/C18H29N3O2S/c1-18(9-5-12-24-18)14-21-17(19-2)20-10-6-11-23-16-8-4-7-15(13-16)22-3/h4,7-8,13H,5-6,9-12,14H2,1-3H3,(H2,19,20,21). The SMILES string of the molecule is CN=C(NCCCOc1cccc(OC)c1)NCC1(C)CCCS1. The molecule has 24 heavy (non-hydrogen) atoms. The van der Waals surface area contributed by atoms with E-state index < -0.39 is 0 Å². The summed E-state index contributed by atoms with van der Waals surface area (Å²) < 4.78 is 11.3. The zero-order chi connectivity index (χ0) is 17.3. The lowest BCUT2D eigenvalue weighted by atomic mass is 10.1. The highest BCUT2D eigenvalue weighted by Gasteiger charge is 2.29. The molecular formula is C18H29N3O2S. The van der Waals surface area contributed by atoms with E-state index in [-0.39, 0.29) is 0 Å². The van der Waals surface area contributed by atoms with Gasteiger partial charge < -0.3 is 20.1 Å². The minimum atomic E-state index is 0.340. The molecule has 1 fully saturated rings. The molecule has 1 aliphatic rings. The van der Waals surface area contributed by atoms with Crippen molar-refractivity contribution in [3.63, 3.8) is 0 Å². The van der Waals surface area contributed by atoms with E-state index in [1.807, 2.05) is 31.3 Å². The summed E-state index contributed by atoms with van der Waals surface area (Å²) in [6, 6.07) is 7.68. The van der Waals surface area contributed by atoms with Gasteiger partial charge in [-0.3, -0.25) is 4.99 Å². The summed E-state index contributed by atoms with van der Waals surface area (Å²) in [5.74, 6) is 3.79. The molecule has 1 saturated heterocycles. The first-order valence-electron chi connectivity index (χ1n) is 8.50. The van der Waals surface area contributed by atoms with Crippen LogP contribution in [0.2, 0.25) is 0 Å². The van der Waals surface area contributed by atoms with Gasteiger partial charge >= 0.3 is 0 Å². The largest absolute Gasteiger partial charge is 0.497 e. The van der Waals surface area contributed by atoms with Gasteiger partial charge in [0.25, 0.3) is 0 Å². The van der Waals surface area contributed by atoms with E-state index in [1.165, 1.54) is 18.6 Å². The third-order valence-electron chi connectivity index (χ3n) is 4.08. The number of ether oxygens (including phenoxy) is 2. The van der Waals surface area contributed by atoms with E-state index in [2.05, 4.69) is 34.3 Å². The van der Waals surface area contributed by atoms with Crippen molar-refractivity contribution in [1.82, 2.24) is 10.6 Å². The van der Waals surface area contributed by atoms with Crippen LogP contribution in [0.4, 0.5) is 0 Å². The van der Waals surface area contributed by atoms with Gasteiger partial charge in [0.15, 0.2) is 5.96 Å². The Labute approximate surface area is 149 Å². The second-order valence-corrected chi connectivity index (χ2v) is 7.82. The summed E-state index contributed by atoms with van der Waals surface area (Å²) in [5, 5.41) is 6.78. The number of benzene rings is 1. The van der Waals surface area contributed by atoms with Gasteiger partial charge in [0.05, 0.1) is 13.7 Å². The minimum absolute atomic E-state index is 0.340. The first-order valence-corrected chi connectivity index (χ1v) is 9.49. The average Bonchev–Trinajstić information content (AvgIpc) is 3.04. The molecule has 6 heteroatoms. The fourth-order valence-electron chi connectivity index (χ4n) is 2.63. The van der Waals surface area contributed by atoms with Crippen LogP contribution in [0.25, 0.3) is 0 Å². The maximum Gasteiger partial charge on any atom is 0.191 e. The molecule has 1 aromatic carbocycles. The number of methoxy groups -OCH3 is 1. The van der Waals surface area contributed by atoms with Crippen LogP contribution in [0.1, 0.15) is 26.2 Å². The Hall–Kier alpha value is -1.56. The fourth-order valence-corrected chi connectivity index (χ4v) is 3.87. The molecule has 0 bridgehead atoms. The van der Waals surface area contributed by atoms with Gasteiger partial charge in [-0.25, -0.2) is 0 Å². The van der Waals surface area contributed by atoms with Crippen molar-refractivity contribution in [3.8, 4) is 11.5 Å². The van der Waals surface area contributed by atoms with E-state index in [9.17, 15) is 0 Å². The van der Waals surface area contributed by atoms with Gasteiger partial charge in [-0.05, 0) is 44.1 Å². The Morgan fingerprint density at radius 2 is 2.17 bits per heavy atom. The summed E-state index contributed by atoms with van der Waals surface area (Å²) >= 11 is 2.05. The van der Waals surface area contributed by atoms with E-state index in [0.717, 1.165) is 37.0 Å². The van der Waals surface area contributed by atoms with Gasteiger partial charge in [0.1, 0.15) is 11.5 Å². The van der Waals surface area contributed by atoms with Crippen molar-refractivity contribution in [2.24, 2.45) is 4.99 Å². The highest BCUT2D eigenvalue weighted by molar-refractivity contribution is 8.00. The van der Waals surface area contributed by atoms with Crippen LogP contribution in [0.5, 0.6) is 11.5 Å². The molecule has 0 amide bonds. The number of rotatable bonds is 8. The molecule has 0 radical (unpaired) electrons. The van der Waals surface area contributed by atoms with Gasteiger partial charge in [-0.1, -0.05) is 6.07 Å². The molecule has 0 aromatic heterocycles.